The third-order valence-electron chi connectivity index (χ3n) is 2.51. The Hall–Kier alpha value is -2.86. The van der Waals surface area contributed by atoms with Gasteiger partial charge in [-0.2, -0.15) is 0 Å². The van der Waals surface area contributed by atoms with E-state index in [1.807, 2.05) is 0 Å². The van der Waals surface area contributed by atoms with E-state index < -0.39 is 73.7 Å². The van der Waals surface area contributed by atoms with Crippen LogP contribution in [0.1, 0.15) is 32.1 Å². The lowest BCUT2D eigenvalue weighted by molar-refractivity contribution is -0.165. The minimum Gasteiger partial charge on any atom is -0.479 e. The molecule has 0 aliphatic heterocycles. The molecule has 4 N–H and O–H groups in total. The maximum absolute atomic E-state index is 11.2. The first-order chi connectivity index (χ1) is 11.5. The molecule has 0 aromatic heterocycles. The Morgan fingerprint density at radius 2 is 0.960 bits per heavy atom. The lowest BCUT2D eigenvalue weighted by Gasteiger charge is -2.06. The number of esters is 4. The van der Waals surface area contributed by atoms with Gasteiger partial charge >= 0.3 is 35.8 Å². The van der Waals surface area contributed by atoms with Gasteiger partial charge in [-0.3, -0.25) is 19.2 Å². The minimum atomic E-state index is -2.01. The summed E-state index contributed by atoms with van der Waals surface area (Å²) in [6.07, 6.45) is -6.93. The molecule has 0 spiro atoms. The van der Waals surface area contributed by atoms with E-state index in [9.17, 15) is 28.8 Å². The van der Waals surface area contributed by atoms with E-state index in [1.165, 1.54) is 0 Å². The average Bonchev–Trinajstić information content (AvgIpc) is 2.46. The predicted octanol–water partition coefficient (Wildman–Crippen LogP) is -2.03. The van der Waals surface area contributed by atoms with Gasteiger partial charge in [0, 0.05) is 12.8 Å². The standard InChI is InChI=1S/C13H16O12/c14-6(12(20)21)4-10(18)24-8(16)2-1-3-9(17)25-11(19)5-7(15)13(22)23/h6-7,14-15H,1-5H2,(H,20,21)(H,22,23). The predicted molar refractivity (Wildman–Crippen MR) is 72.6 cm³/mol. The van der Waals surface area contributed by atoms with Crippen LogP contribution in [0.2, 0.25) is 0 Å². The van der Waals surface area contributed by atoms with E-state index in [1.54, 1.807) is 0 Å². The van der Waals surface area contributed by atoms with Crippen molar-refractivity contribution in [2.24, 2.45) is 0 Å². The van der Waals surface area contributed by atoms with Crippen molar-refractivity contribution in [3.8, 4) is 0 Å². The molecule has 0 rings (SSSR count). The van der Waals surface area contributed by atoms with Crippen molar-refractivity contribution < 1.29 is 58.7 Å². The van der Waals surface area contributed by atoms with Crippen molar-refractivity contribution in [3.63, 3.8) is 0 Å². The SMILES string of the molecule is O=C(CCCC(=O)OC(=O)CC(O)C(=O)O)OC(=O)CC(O)C(=O)O. The smallest absolute Gasteiger partial charge is 0.333 e. The summed E-state index contributed by atoms with van der Waals surface area (Å²) in [6.45, 7) is 0. The number of carboxylic acid groups (broad SMARTS) is 2. The molecule has 0 heterocycles. The van der Waals surface area contributed by atoms with Crippen molar-refractivity contribution >= 4 is 35.8 Å². The van der Waals surface area contributed by atoms with Gasteiger partial charge in [0.25, 0.3) is 0 Å². The highest BCUT2D eigenvalue weighted by atomic mass is 16.6. The molecule has 2 atom stereocenters. The molecule has 0 fully saturated rings. The summed E-state index contributed by atoms with van der Waals surface area (Å²) in [6, 6.07) is 0. The zero-order valence-corrected chi connectivity index (χ0v) is 12.7. The van der Waals surface area contributed by atoms with E-state index in [4.69, 9.17) is 20.4 Å². The van der Waals surface area contributed by atoms with Gasteiger partial charge in [0.15, 0.2) is 12.2 Å². The Labute approximate surface area is 139 Å². The molecule has 12 heteroatoms. The number of hydrogen-bond donors (Lipinski definition) is 4. The van der Waals surface area contributed by atoms with E-state index >= 15 is 0 Å². The van der Waals surface area contributed by atoms with Crippen molar-refractivity contribution in [2.45, 2.75) is 44.3 Å². The van der Waals surface area contributed by atoms with Gasteiger partial charge in [0.2, 0.25) is 0 Å². The minimum absolute atomic E-state index is 0.179. The third-order valence-corrected chi connectivity index (χ3v) is 2.51. The maximum atomic E-state index is 11.2. The highest BCUT2D eigenvalue weighted by Crippen LogP contribution is 2.04. The molecule has 0 saturated carbocycles. The second-order valence-corrected chi connectivity index (χ2v) is 4.66. The molecule has 2 unspecified atom stereocenters. The average molecular weight is 364 g/mol. The van der Waals surface area contributed by atoms with Crippen molar-refractivity contribution in [1.82, 2.24) is 0 Å². The van der Waals surface area contributed by atoms with Gasteiger partial charge < -0.3 is 29.9 Å². The summed E-state index contributed by atoms with van der Waals surface area (Å²) in [4.78, 5) is 65.2. The summed E-state index contributed by atoms with van der Waals surface area (Å²) in [5.41, 5.74) is 0. The van der Waals surface area contributed by atoms with Crippen LogP contribution in [0.5, 0.6) is 0 Å². The van der Waals surface area contributed by atoms with Gasteiger partial charge in [0.1, 0.15) is 0 Å². The number of carbonyl (C=O) groups excluding carboxylic acids is 4. The molecular formula is C13H16O12. The Kier molecular flexibility index (Phi) is 9.59. The van der Waals surface area contributed by atoms with Crippen molar-refractivity contribution in [3.05, 3.63) is 0 Å². The van der Waals surface area contributed by atoms with E-state index in [2.05, 4.69) is 9.47 Å². The largest absolute Gasteiger partial charge is 0.479 e. The lowest BCUT2D eigenvalue weighted by Crippen LogP contribution is -2.26. The van der Waals surface area contributed by atoms with Crippen LogP contribution < -0.4 is 0 Å². The normalized spacial score (nSPS) is 12.6. The first-order valence-electron chi connectivity index (χ1n) is 6.81. The van der Waals surface area contributed by atoms with Crippen LogP contribution >= 0.6 is 0 Å². The molecule has 12 nitrogen and oxygen atoms in total. The number of aliphatic hydroxyl groups is 2. The summed E-state index contributed by atoms with van der Waals surface area (Å²) in [5.74, 6) is -8.01. The molecule has 0 aliphatic rings. The van der Waals surface area contributed by atoms with Crippen LogP contribution in [0.15, 0.2) is 0 Å². The fourth-order valence-electron chi connectivity index (χ4n) is 1.31. The summed E-state index contributed by atoms with van der Waals surface area (Å²) in [7, 11) is 0. The van der Waals surface area contributed by atoms with E-state index in [0.29, 0.717) is 0 Å². The van der Waals surface area contributed by atoms with Gasteiger partial charge in [-0.05, 0) is 6.42 Å². The number of rotatable bonds is 10. The van der Waals surface area contributed by atoms with Crippen LogP contribution in [0.25, 0.3) is 0 Å². The van der Waals surface area contributed by atoms with Crippen molar-refractivity contribution in [2.75, 3.05) is 0 Å². The molecule has 0 bridgehead atoms. The van der Waals surface area contributed by atoms with Crippen molar-refractivity contribution in [1.29, 1.82) is 0 Å². The zero-order chi connectivity index (χ0) is 19.6. The lowest BCUT2D eigenvalue weighted by atomic mass is 10.2. The molecule has 0 radical (unpaired) electrons. The molecule has 0 amide bonds. The Morgan fingerprint density at radius 1 is 0.640 bits per heavy atom. The third kappa shape index (κ3) is 10.5. The van der Waals surface area contributed by atoms with Crippen LogP contribution in [0, 0.1) is 0 Å². The summed E-state index contributed by atoms with van der Waals surface area (Å²) in [5, 5.41) is 34.5. The van der Waals surface area contributed by atoms with Crippen LogP contribution in [0.3, 0.4) is 0 Å². The maximum Gasteiger partial charge on any atom is 0.333 e. The molecule has 25 heavy (non-hydrogen) atoms. The highest BCUT2D eigenvalue weighted by molar-refractivity contribution is 5.89. The first-order valence-corrected chi connectivity index (χ1v) is 6.81. The van der Waals surface area contributed by atoms with Gasteiger partial charge in [-0.25, -0.2) is 9.59 Å². The Morgan fingerprint density at radius 3 is 1.24 bits per heavy atom. The van der Waals surface area contributed by atoms with E-state index in [-0.39, 0.29) is 6.42 Å². The van der Waals surface area contributed by atoms with Gasteiger partial charge in [-0.15, -0.1) is 0 Å². The van der Waals surface area contributed by atoms with Crippen LogP contribution in [-0.4, -0.2) is 68.4 Å². The first kappa shape index (κ1) is 22.1. The van der Waals surface area contributed by atoms with Crippen LogP contribution in [-0.2, 0) is 38.2 Å². The number of carboxylic acids is 2. The summed E-state index contributed by atoms with van der Waals surface area (Å²) < 4.78 is 8.39. The quantitative estimate of drug-likeness (QED) is 0.245. The molecule has 140 valence electrons. The highest BCUT2D eigenvalue weighted by Gasteiger charge is 2.22. The van der Waals surface area contributed by atoms with E-state index in [0.717, 1.165) is 0 Å². The Bertz CT molecular complexity index is 503. The number of carbonyl (C=O) groups is 6. The number of aliphatic hydroxyl groups excluding tert-OH is 2. The second kappa shape index (κ2) is 10.8. The molecule has 0 saturated heterocycles. The summed E-state index contributed by atoms with van der Waals surface area (Å²) >= 11 is 0. The number of ether oxygens (including phenoxy) is 2. The molecular weight excluding hydrogens is 348 g/mol. The fourth-order valence-corrected chi connectivity index (χ4v) is 1.31. The fraction of sp³-hybridized carbons (Fsp3) is 0.538. The van der Waals surface area contributed by atoms with Gasteiger partial charge in [-0.1, -0.05) is 0 Å². The number of aliphatic carboxylic acids is 2. The Balaban J connectivity index is 4.02. The monoisotopic (exact) mass is 364 g/mol. The van der Waals surface area contributed by atoms with Crippen LogP contribution in [0.4, 0.5) is 0 Å². The number of hydrogen-bond acceptors (Lipinski definition) is 10. The molecule has 0 aliphatic carbocycles. The topological polar surface area (TPSA) is 202 Å². The molecule has 0 aromatic rings. The van der Waals surface area contributed by atoms with Gasteiger partial charge in [0.05, 0.1) is 12.8 Å². The zero-order valence-electron chi connectivity index (χ0n) is 12.7. The molecule has 0 aromatic carbocycles. The second-order valence-electron chi connectivity index (χ2n) is 4.66.